The van der Waals surface area contributed by atoms with Gasteiger partial charge in [0.05, 0.1) is 0 Å². The quantitative estimate of drug-likeness (QED) is 0.466. The van der Waals surface area contributed by atoms with Gasteiger partial charge in [0, 0.05) is 13.8 Å². The second-order valence-corrected chi connectivity index (χ2v) is 8.45. The summed E-state index contributed by atoms with van der Waals surface area (Å²) in [4.78, 5) is 47.0. The van der Waals surface area contributed by atoms with E-state index in [9.17, 15) is 24.3 Å². The number of esters is 3. The van der Waals surface area contributed by atoms with Crippen LogP contribution in [0.4, 0.5) is 0 Å². The summed E-state index contributed by atoms with van der Waals surface area (Å²) in [6.45, 7) is 12.2. The Morgan fingerprint density at radius 2 is 1.60 bits per heavy atom. The van der Waals surface area contributed by atoms with Gasteiger partial charge in [0.25, 0.3) is 0 Å². The predicted octanol–water partition coefficient (Wildman–Crippen LogP) is 3.19. The molecule has 1 rings (SSSR count). The first-order chi connectivity index (χ1) is 13.8. The van der Waals surface area contributed by atoms with Crippen LogP contribution in [0.3, 0.4) is 0 Å². The highest BCUT2D eigenvalue weighted by Crippen LogP contribution is 2.42. The lowest BCUT2D eigenvalue weighted by atomic mass is 9.71. The Kier molecular flexibility index (Phi) is 8.81. The van der Waals surface area contributed by atoms with E-state index >= 15 is 0 Å². The topological polar surface area (TPSA) is 116 Å². The molecule has 1 N–H and O–H groups in total. The van der Waals surface area contributed by atoms with E-state index in [0.29, 0.717) is 12.3 Å². The van der Waals surface area contributed by atoms with E-state index in [2.05, 4.69) is 33.8 Å². The van der Waals surface area contributed by atoms with E-state index in [1.54, 1.807) is 0 Å². The van der Waals surface area contributed by atoms with Crippen molar-refractivity contribution in [1.82, 2.24) is 0 Å². The molecule has 0 radical (unpaired) electrons. The Balaban J connectivity index is 3.21. The van der Waals surface area contributed by atoms with Crippen molar-refractivity contribution in [3.8, 4) is 0 Å². The van der Waals surface area contributed by atoms with Gasteiger partial charge >= 0.3 is 23.9 Å². The molecular weight excluding hydrogens is 392 g/mol. The molecule has 0 spiro atoms. The Bertz CT molecular complexity index is 744. The molecule has 0 bridgehead atoms. The monoisotopic (exact) mass is 424 g/mol. The molecule has 0 heterocycles. The van der Waals surface area contributed by atoms with Crippen LogP contribution in [0.5, 0.6) is 0 Å². The molecule has 3 atom stereocenters. The van der Waals surface area contributed by atoms with Gasteiger partial charge in [-0.2, -0.15) is 0 Å². The summed E-state index contributed by atoms with van der Waals surface area (Å²) in [5.41, 5.74) is 1.77. The van der Waals surface area contributed by atoms with Gasteiger partial charge < -0.3 is 19.3 Å². The molecule has 8 heteroatoms. The summed E-state index contributed by atoms with van der Waals surface area (Å²) in [6, 6.07) is 0. The molecule has 0 saturated heterocycles. The van der Waals surface area contributed by atoms with Crippen molar-refractivity contribution in [3.63, 3.8) is 0 Å². The van der Waals surface area contributed by atoms with Crippen molar-refractivity contribution in [3.05, 3.63) is 23.3 Å². The lowest BCUT2D eigenvalue weighted by Gasteiger charge is -2.37. The van der Waals surface area contributed by atoms with Gasteiger partial charge in [-0.15, -0.1) is 0 Å². The maximum Gasteiger partial charge on any atom is 0.352 e. The molecule has 0 amide bonds. The van der Waals surface area contributed by atoms with Gasteiger partial charge in [-0.3, -0.25) is 9.59 Å². The maximum absolute atomic E-state index is 12.8. The van der Waals surface area contributed by atoms with Crippen molar-refractivity contribution in [2.24, 2.45) is 11.3 Å². The molecule has 168 valence electrons. The van der Waals surface area contributed by atoms with Crippen molar-refractivity contribution < 1.29 is 38.5 Å². The molecule has 8 nitrogen and oxygen atoms in total. The smallest absolute Gasteiger partial charge is 0.352 e. The van der Waals surface area contributed by atoms with Crippen molar-refractivity contribution in [1.29, 1.82) is 0 Å². The van der Waals surface area contributed by atoms with Crippen molar-refractivity contribution in [2.75, 3.05) is 0 Å². The van der Waals surface area contributed by atoms with E-state index in [4.69, 9.17) is 14.2 Å². The highest BCUT2D eigenvalue weighted by Gasteiger charge is 2.43. The third kappa shape index (κ3) is 7.00. The zero-order valence-electron chi connectivity index (χ0n) is 18.7. The molecule has 0 aromatic rings. The van der Waals surface area contributed by atoms with Crippen LogP contribution < -0.4 is 0 Å². The van der Waals surface area contributed by atoms with Gasteiger partial charge in [-0.05, 0) is 42.2 Å². The number of hydrogen-bond donors (Lipinski definition) is 1. The SMILES string of the molecule is CC(=O)OC(C(=O)O)C(OC(C)=O)C(=O)OC1CCC(C)(C)C(/C=C/C(C)C)=C1C. The molecule has 3 unspecified atom stereocenters. The number of carboxylic acid groups (broad SMARTS) is 1. The van der Waals surface area contributed by atoms with Crippen molar-refractivity contribution >= 4 is 23.9 Å². The normalized spacial score (nSPS) is 20.6. The maximum atomic E-state index is 12.8. The zero-order valence-corrected chi connectivity index (χ0v) is 18.7. The predicted molar refractivity (Wildman–Crippen MR) is 108 cm³/mol. The van der Waals surface area contributed by atoms with Crippen LogP contribution in [0.2, 0.25) is 0 Å². The van der Waals surface area contributed by atoms with E-state index < -0.39 is 42.2 Å². The molecule has 30 heavy (non-hydrogen) atoms. The van der Waals surface area contributed by atoms with Gasteiger partial charge in [-0.1, -0.05) is 39.8 Å². The first kappa shape index (κ1) is 25.4. The average molecular weight is 424 g/mol. The largest absolute Gasteiger partial charge is 0.478 e. The molecule has 1 aliphatic rings. The molecular formula is C22H32O8. The second kappa shape index (κ2) is 10.4. The van der Waals surface area contributed by atoms with Crippen molar-refractivity contribution in [2.45, 2.75) is 79.6 Å². The number of allylic oxidation sites excluding steroid dienone is 3. The lowest BCUT2D eigenvalue weighted by molar-refractivity contribution is -0.190. The minimum atomic E-state index is -2.00. The number of carbonyl (C=O) groups is 4. The first-order valence-corrected chi connectivity index (χ1v) is 9.93. The molecule has 0 aromatic carbocycles. The first-order valence-electron chi connectivity index (χ1n) is 9.93. The summed E-state index contributed by atoms with van der Waals surface area (Å²) >= 11 is 0. The van der Waals surface area contributed by atoms with Gasteiger partial charge in [0.15, 0.2) is 0 Å². The summed E-state index contributed by atoms with van der Waals surface area (Å²) < 4.78 is 15.1. The van der Waals surface area contributed by atoms with Crippen LogP contribution in [0.15, 0.2) is 23.3 Å². The van der Waals surface area contributed by atoms with Crippen LogP contribution in [0.25, 0.3) is 0 Å². The fraction of sp³-hybridized carbons (Fsp3) is 0.636. The van der Waals surface area contributed by atoms with Crippen LogP contribution in [0, 0.1) is 11.3 Å². The summed E-state index contributed by atoms with van der Waals surface area (Å²) in [5.74, 6) is -4.17. The Morgan fingerprint density at radius 3 is 2.07 bits per heavy atom. The number of rotatable bonds is 8. The number of carbonyl (C=O) groups excluding carboxylic acids is 3. The van der Waals surface area contributed by atoms with Crippen LogP contribution >= 0.6 is 0 Å². The number of aliphatic carboxylic acids is 1. The van der Waals surface area contributed by atoms with E-state index in [1.165, 1.54) is 0 Å². The van der Waals surface area contributed by atoms with Crippen LogP contribution in [-0.4, -0.2) is 47.3 Å². The molecule has 1 aliphatic carbocycles. The number of hydrogen-bond acceptors (Lipinski definition) is 7. The fourth-order valence-electron chi connectivity index (χ4n) is 3.38. The fourth-order valence-corrected chi connectivity index (χ4v) is 3.38. The standard InChI is InChI=1S/C22H32O8/c1-12(2)8-9-16-13(3)17(10-11-22(16,6)7)30-21(27)19(29-15(5)24)18(20(25)26)28-14(4)23/h8-9,12,17-19H,10-11H2,1-7H3,(H,25,26)/b9-8+. The molecule has 0 saturated carbocycles. The molecule has 0 fully saturated rings. The highest BCUT2D eigenvalue weighted by atomic mass is 16.6. The van der Waals surface area contributed by atoms with E-state index in [0.717, 1.165) is 31.4 Å². The summed E-state index contributed by atoms with van der Waals surface area (Å²) in [6.07, 6.45) is 0.856. The molecule has 0 aromatic heterocycles. The minimum Gasteiger partial charge on any atom is -0.478 e. The minimum absolute atomic E-state index is 0.116. The number of ether oxygens (including phenoxy) is 3. The Morgan fingerprint density at radius 1 is 1.07 bits per heavy atom. The second-order valence-electron chi connectivity index (χ2n) is 8.45. The van der Waals surface area contributed by atoms with Gasteiger partial charge in [0.2, 0.25) is 12.2 Å². The van der Waals surface area contributed by atoms with Crippen LogP contribution in [-0.2, 0) is 33.4 Å². The Labute approximate surface area is 177 Å². The van der Waals surface area contributed by atoms with E-state index in [-0.39, 0.29) is 5.41 Å². The van der Waals surface area contributed by atoms with Gasteiger partial charge in [0.1, 0.15) is 6.10 Å². The molecule has 0 aliphatic heterocycles. The third-order valence-corrected chi connectivity index (χ3v) is 4.91. The van der Waals surface area contributed by atoms with Gasteiger partial charge in [-0.25, -0.2) is 9.59 Å². The average Bonchev–Trinajstić information content (AvgIpc) is 2.59. The summed E-state index contributed by atoms with van der Waals surface area (Å²) in [7, 11) is 0. The van der Waals surface area contributed by atoms with Crippen LogP contribution in [0.1, 0.15) is 61.3 Å². The lowest BCUT2D eigenvalue weighted by Crippen LogP contribution is -2.47. The highest BCUT2D eigenvalue weighted by molar-refractivity contribution is 5.88. The number of carboxylic acids is 1. The van der Waals surface area contributed by atoms with E-state index in [1.807, 2.05) is 13.0 Å². The third-order valence-electron chi connectivity index (χ3n) is 4.91. The zero-order chi connectivity index (χ0) is 23.2. The summed E-state index contributed by atoms with van der Waals surface area (Å²) in [5, 5.41) is 9.35. The Hall–Kier alpha value is -2.64.